The molecule has 0 spiro atoms. The Balaban J connectivity index is -0.000000335. The third-order valence-electron chi connectivity index (χ3n) is 17.4. The number of hydrogen-bond donors (Lipinski definition) is 5. The van der Waals surface area contributed by atoms with Gasteiger partial charge in [0.15, 0.2) is 0 Å². The van der Waals surface area contributed by atoms with E-state index in [9.17, 15) is 42.1 Å². The molecule has 0 aliphatic heterocycles. The predicted octanol–water partition coefficient (Wildman–Crippen LogP) is 22.9. The molecule has 0 bridgehead atoms. The molecule has 0 heterocycles. The van der Waals surface area contributed by atoms with Gasteiger partial charge in [0.25, 0.3) is 50.6 Å². The summed E-state index contributed by atoms with van der Waals surface area (Å²) in [4.78, 5) is 0. The third kappa shape index (κ3) is 81.8. The van der Waals surface area contributed by atoms with Crippen LogP contribution in [-0.2, 0) is 50.6 Å². The summed E-state index contributed by atoms with van der Waals surface area (Å²) >= 11 is 0. The third-order valence-corrected chi connectivity index (χ3v) is 23.6. The average molecular weight is 1390 g/mol. The van der Waals surface area contributed by atoms with Gasteiger partial charge in [-0.1, -0.05) is 356 Å². The van der Waals surface area contributed by atoms with Crippen molar-refractivity contribution >= 4 is 50.6 Å². The lowest BCUT2D eigenvalue weighted by molar-refractivity contribution is 0.459. The highest BCUT2D eigenvalue weighted by Gasteiger charge is 2.19. The van der Waals surface area contributed by atoms with Gasteiger partial charge in [0.2, 0.25) is 0 Å². The second-order valence-electron chi connectivity index (χ2n) is 26.5. The van der Waals surface area contributed by atoms with Crippen molar-refractivity contribution in [3.63, 3.8) is 0 Å². The maximum absolute atomic E-state index is 10.8. The Morgan fingerprint density at radius 1 is 0.167 bits per heavy atom. The fraction of sp³-hybridized carbons (Fsp3) is 1.00. The molecule has 0 amide bonds. The molecule has 5 unspecified atom stereocenters. The topological polar surface area (TPSA) is 272 Å². The zero-order valence-electron chi connectivity index (χ0n) is 60.1. The van der Waals surface area contributed by atoms with Crippen molar-refractivity contribution in [2.75, 3.05) is 0 Å². The summed E-state index contributed by atoms with van der Waals surface area (Å²) in [7, 11) is -19.1. The van der Waals surface area contributed by atoms with Crippen molar-refractivity contribution < 1.29 is 64.9 Å². The molecule has 0 aromatic carbocycles. The maximum Gasteiger partial charge on any atom is 0.267 e. The van der Waals surface area contributed by atoms with Crippen LogP contribution in [0.25, 0.3) is 0 Å². The molecule has 90 heavy (non-hydrogen) atoms. The average Bonchev–Trinajstić information content (AvgIpc) is 3.63. The van der Waals surface area contributed by atoms with E-state index in [2.05, 4.69) is 34.6 Å². The SMILES string of the molecule is CCCCCCCCCCC(C)S(=O)(=O)O.CCCCCCCCCCCC(C)S(=O)(=O)O.CCCCCCCCCCCCC(C)S(=O)(=O)O.CCCCCCCCCCCCCC(C)S(=O)(=O)O.CCCCCCCCCCCCCCC(C)S(=O)(=O)O. The first-order valence-corrected chi connectivity index (χ1v) is 44.7. The van der Waals surface area contributed by atoms with Crippen molar-refractivity contribution in [2.45, 2.75) is 449 Å². The van der Waals surface area contributed by atoms with E-state index in [4.69, 9.17) is 22.8 Å². The summed E-state index contributed by atoms with van der Waals surface area (Å²) in [5, 5.41) is -3.03. The Morgan fingerprint density at radius 2 is 0.244 bits per heavy atom. The van der Waals surface area contributed by atoms with Crippen LogP contribution in [0.2, 0.25) is 0 Å². The predicted molar refractivity (Wildman–Crippen MR) is 387 cm³/mol. The summed E-state index contributed by atoms with van der Waals surface area (Å²) in [6.45, 7) is 19.0. The zero-order valence-corrected chi connectivity index (χ0v) is 64.2. The van der Waals surface area contributed by atoms with Crippen LogP contribution in [0.1, 0.15) is 422 Å². The van der Waals surface area contributed by atoms with E-state index in [1.807, 2.05) is 0 Å². The Labute approximate surface area is 560 Å². The first-order valence-electron chi connectivity index (χ1n) is 37.2. The molecule has 0 fully saturated rings. The molecule has 20 heteroatoms. The highest BCUT2D eigenvalue weighted by molar-refractivity contribution is 7.87. The highest BCUT2D eigenvalue weighted by Crippen LogP contribution is 2.19. The van der Waals surface area contributed by atoms with E-state index < -0.39 is 76.8 Å². The molecule has 0 radical (unpaired) electrons. The van der Waals surface area contributed by atoms with Gasteiger partial charge in [-0.05, 0) is 66.7 Å². The Morgan fingerprint density at radius 3 is 0.322 bits per heavy atom. The van der Waals surface area contributed by atoms with Crippen LogP contribution in [-0.4, -0.2) is 91.1 Å². The Hall–Kier alpha value is -0.450. The van der Waals surface area contributed by atoms with Crippen molar-refractivity contribution in [3.05, 3.63) is 0 Å². The maximum atomic E-state index is 10.8. The van der Waals surface area contributed by atoms with Crippen LogP contribution < -0.4 is 0 Å². The summed E-state index contributed by atoms with van der Waals surface area (Å²) in [5.74, 6) is 0. The molecule has 0 saturated carbocycles. The standard InChI is InChI=1S/C16H34O3S.C15H32O3S.C14H30O3S.C13H28O3S.C12H26O3S/c1-3-4-5-6-7-8-9-10-11-12-13-14-15-16(2)20(17,18)19;1-3-4-5-6-7-8-9-10-11-12-13-14-15(2)19(16,17)18;1-3-4-5-6-7-8-9-10-11-12-13-14(2)18(15,16)17;1-3-4-5-6-7-8-9-10-11-12-13(2)17(14,15)16;1-3-4-5-6-7-8-9-10-11-12(2)16(13,14)15/h16H,3-15H2,1-2H3,(H,17,18,19);15H,3-14H2,1-2H3,(H,16,17,18);14H,3-13H2,1-2H3,(H,15,16,17);13H,3-12H2,1-2H3,(H,14,15,16);12H,3-11H2,1-2H3,(H,13,14,15). The molecule has 15 nitrogen and oxygen atoms in total. The van der Waals surface area contributed by atoms with Crippen LogP contribution >= 0.6 is 0 Å². The first-order chi connectivity index (χ1) is 42.4. The minimum atomic E-state index is -3.82. The van der Waals surface area contributed by atoms with Gasteiger partial charge in [0.05, 0.1) is 26.2 Å². The molecule has 0 aliphatic carbocycles. The number of unbranched alkanes of at least 4 members (excludes halogenated alkanes) is 45. The van der Waals surface area contributed by atoms with E-state index >= 15 is 0 Å². The molecule has 0 saturated heterocycles. The Kier molecular flexibility index (Phi) is 74.7. The molecular formula is C70H150O15S5. The molecule has 0 rings (SSSR count). The van der Waals surface area contributed by atoms with Gasteiger partial charge in [-0.2, -0.15) is 42.1 Å². The quantitative estimate of drug-likeness (QED) is 0.0280. The van der Waals surface area contributed by atoms with Crippen LogP contribution in [0.5, 0.6) is 0 Å². The number of hydrogen-bond acceptors (Lipinski definition) is 10. The van der Waals surface area contributed by atoms with Gasteiger partial charge < -0.3 is 0 Å². The number of rotatable bonds is 60. The van der Waals surface area contributed by atoms with Crippen LogP contribution in [0.4, 0.5) is 0 Å². The fourth-order valence-electron chi connectivity index (χ4n) is 10.3. The van der Waals surface area contributed by atoms with E-state index in [0.29, 0.717) is 32.1 Å². The van der Waals surface area contributed by atoms with Gasteiger partial charge in [0.1, 0.15) is 0 Å². The van der Waals surface area contributed by atoms with Crippen molar-refractivity contribution in [3.8, 4) is 0 Å². The van der Waals surface area contributed by atoms with Gasteiger partial charge >= 0.3 is 0 Å². The molecule has 0 aromatic rings. The van der Waals surface area contributed by atoms with E-state index in [-0.39, 0.29) is 0 Å². The summed E-state index contributed by atoms with van der Waals surface area (Å²) < 4.78 is 152. The van der Waals surface area contributed by atoms with Gasteiger partial charge in [0, 0.05) is 0 Å². The normalized spacial score (nSPS) is 13.7. The zero-order chi connectivity index (χ0) is 69.3. The van der Waals surface area contributed by atoms with Crippen LogP contribution in [0.3, 0.4) is 0 Å². The summed E-state index contributed by atoms with van der Waals surface area (Å²) in [5.41, 5.74) is 0. The highest BCUT2D eigenvalue weighted by atomic mass is 32.2. The molecule has 550 valence electrons. The monoisotopic (exact) mass is 1390 g/mol. The minimum Gasteiger partial charge on any atom is -0.285 e. The van der Waals surface area contributed by atoms with Crippen molar-refractivity contribution in [2.24, 2.45) is 0 Å². The van der Waals surface area contributed by atoms with E-state index in [0.717, 1.165) is 64.2 Å². The molecule has 0 aliphatic rings. The van der Waals surface area contributed by atoms with Gasteiger partial charge in [-0.25, -0.2) is 0 Å². The van der Waals surface area contributed by atoms with Gasteiger partial charge in [-0.15, -0.1) is 0 Å². The lowest BCUT2D eigenvalue weighted by Gasteiger charge is -2.07. The van der Waals surface area contributed by atoms with Crippen LogP contribution in [0.15, 0.2) is 0 Å². The smallest absolute Gasteiger partial charge is 0.267 e. The second-order valence-corrected chi connectivity index (χ2v) is 35.7. The Bertz CT molecular complexity index is 2040. The van der Waals surface area contributed by atoms with Gasteiger partial charge in [-0.3, -0.25) is 22.8 Å². The van der Waals surface area contributed by atoms with Crippen LogP contribution in [0, 0.1) is 0 Å². The largest absolute Gasteiger partial charge is 0.285 e. The lowest BCUT2D eigenvalue weighted by Crippen LogP contribution is -2.16. The molecule has 5 atom stereocenters. The molecule has 0 aromatic heterocycles. The minimum absolute atomic E-state index is 0.577. The van der Waals surface area contributed by atoms with Crippen molar-refractivity contribution in [1.29, 1.82) is 0 Å². The first kappa shape index (κ1) is 98.2. The summed E-state index contributed by atoms with van der Waals surface area (Å²) in [6.07, 6.45) is 65.1. The van der Waals surface area contributed by atoms with Crippen molar-refractivity contribution in [1.82, 2.24) is 0 Å². The molecule has 5 N–H and O–H groups in total. The molecular weight excluding hydrogens is 1240 g/mol. The fourth-order valence-corrected chi connectivity index (χ4v) is 12.7. The van der Waals surface area contributed by atoms with E-state index in [1.165, 1.54) is 257 Å². The summed E-state index contributed by atoms with van der Waals surface area (Å²) in [6, 6.07) is 0. The second kappa shape index (κ2) is 68.5. The van der Waals surface area contributed by atoms with E-state index in [1.54, 1.807) is 34.6 Å². The lowest BCUT2D eigenvalue weighted by atomic mass is 10.0.